The Labute approximate surface area is 344 Å². The third kappa shape index (κ3) is 10.7. The number of anilines is 2. The molecule has 1 amide bonds. The average Bonchev–Trinajstić information content (AvgIpc) is 3.13. The summed E-state index contributed by atoms with van der Waals surface area (Å²) in [4.78, 5) is 11.5. The number of nitrogen functional groups attached to an aromatic ring is 1. The van der Waals surface area contributed by atoms with Gasteiger partial charge in [0.05, 0.1) is 47.6 Å². The predicted molar refractivity (Wildman–Crippen MR) is 204 cm³/mol. The summed E-state index contributed by atoms with van der Waals surface area (Å²) in [5, 5.41) is 28.2. The zero-order valence-electron chi connectivity index (χ0n) is 30.9. The first-order valence-corrected chi connectivity index (χ1v) is 18.8. The van der Waals surface area contributed by atoms with Crippen molar-refractivity contribution < 1.29 is 69.8 Å². The van der Waals surface area contributed by atoms with Crippen LogP contribution in [0.3, 0.4) is 0 Å². The maximum Gasteiger partial charge on any atom is 1.00 e. The summed E-state index contributed by atoms with van der Waals surface area (Å²) in [5.74, 6) is 0.419. The van der Waals surface area contributed by atoms with Crippen molar-refractivity contribution in [1.82, 2.24) is 0 Å². The molecule has 0 bridgehead atoms. The number of nitrogens with one attached hydrogen (secondary N) is 1. The summed E-state index contributed by atoms with van der Waals surface area (Å²) in [6, 6.07) is 20.4. The van der Waals surface area contributed by atoms with Crippen molar-refractivity contribution in [3.8, 4) is 11.5 Å². The molecule has 5 N–H and O–H groups in total. The zero-order valence-corrected chi connectivity index (χ0v) is 34.5. The van der Waals surface area contributed by atoms with Crippen molar-refractivity contribution >= 4 is 71.6 Å². The van der Waals surface area contributed by atoms with Crippen molar-refractivity contribution in [2.24, 2.45) is 30.7 Å². The smallest absolute Gasteiger partial charge is 0.494 e. The van der Waals surface area contributed by atoms with E-state index in [1.165, 1.54) is 20.3 Å². The first-order chi connectivity index (χ1) is 26.0. The van der Waals surface area contributed by atoms with Crippen molar-refractivity contribution in [2.45, 2.75) is 30.6 Å². The third-order valence-electron chi connectivity index (χ3n) is 7.93. The van der Waals surface area contributed by atoms with E-state index in [1.54, 1.807) is 67.6 Å². The van der Waals surface area contributed by atoms with Gasteiger partial charge in [-0.15, -0.1) is 10.2 Å². The molecule has 56 heavy (non-hydrogen) atoms. The Balaban J connectivity index is 0.00000696. The molecule has 0 radical (unpaired) electrons. The van der Waals surface area contributed by atoms with Crippen LogP contribution in [0.15, 0.2) is 125 Å². The van der Waals surface area contributed by atoms with Crippen LogP contribution in [0.4, 0.5) is 45.5 Å². The topological polar surface area (TPSA) is 256 Å². The normalized spacial score (nSPS) is 11.9. The molecule has 0 saturated carbocycles. The van der Waals surface area contributed by atoms with Gasteiger partial charge in [-0.05, 0) is 110 Å². The predicted octanol–water partition coefficient (Wildman–Crippen LogP) is 6.21. The van der Waals surface area contributed by atoms with Crippen LogP contribution in [0.1, 0.15) is 27.0 Å². The molecule has 0 aromatic heterocycles. The molecule has 0 spiro atoms. The van der Waals surface area contributed by atoms with Crippen LogP contribution in [0.2, 0.25) is 0 Å². The van der Waals surface area contributed by atoms with Crippen LogP contribution in [-0.2, 0) is 20.2 Å². The fourth-order valence-electron chi connectivity index (χ4n) is 4.99. The summed E-state index contributed by atoms with van der Waals surface area (Å²) >= 11 is 0. The van der Waals surface area contributed by atoms with Crippen LogP contribution in [-0.4, -0.2) is 46.1 Å². The molecule has 0 saturated heterocycles. The minimum atomic E-state index is -4.79. The number of ether oxygens (including phenoxy) is 2. The van der Waals surface area contributed by atoms with E-state index in [1.807, 2.05) is 13.8 Å². The summed E-state index contributed by atoms with van der Waals surface area (Å²) in [6.45, 7) is 5.31. The first-order valence-electron chi connectivity index (χ1n) is 16.0. The van der Waals surface area contributed by atoms with Gasteiger partial charge >= 0.3 is 29.6 Å². The van der Waals surface area contributed by atoms with Crippen molar-refractivity contribution in [3.05, 3.63) is 107 Å². The molecule has 0 unspecified atom stereocenters. The molecule has 5 aromatic carbocycles. The third-order valence-corrected chi connectivity index (χ3v) is 9.68. The minimum Gasteiger partial charge on any atom is -0.494 e. The van der Waals surface area contributed by atoms with E-state index in [0.717, 1.165) is 23.8 Å². The zero-order chi connectivity index (χ0) is 40.1. The SMILES string of the molecule is COc1cc(N=Nc2ccc(N=Nc3cc(S(=O)(=O)O)ccc3S(=O)(=O)O)c(C)c2)c(C)cc1N=Nc1cc(OC)c(NC(=O)c2ccc(N)cc2)cc1C.[Na+]. The second-order valence-corrected chi connectivity index (χ2v) is 14.7. The van der Waals surface area contributed by atoms with Crippen LogP contribution in [0.25, 0.3) is 0 Å². The minimum absolute atomic E-state index is 0. The molecule has 0 heterocycles. The van der Waals surface area contributed by atoms with Crippen LogP contribution < -0.4 is 50.1 Å². The summed E-state index contributed by atoms with van der Waals surface area (Å²) < 4.78 is 76.7. The number of methoxy groups -OCH3 is 2. The van der Waals surface area contributed by atoms with Gasteiger partial charge in [-0.25, -0.2) is 0 Å². The van der Waals surface area contributed by atoms with Gasteiger partial charge in [0.1, 0.15) is 27.8 Å². The number of rotatable bonds is 12. The van der Waals surface area contributed by atoms with Gasteiger partial charge in [-0.3, -0.25) is 13.9 Å². The van der Waals surface area contributed by atoms with Crippen LogP contribution in [0, 0.1) is 20.8 Å². The summed E-state index contributed by atoms with van der Waals surface area (Å²) in [7, 11) is -6.53. The van der Waals surface area contributed by atoms with E-state index in [2.05, 4.69) is 36.0 Å². The Kier molecular flexibility index (Phi) is 13.9. The van der Waals surface area contributed by atoms with Gasteiger partial charge in [0.15, 0.2) is 0 Å². The molecule has 17 nitrogen and oxygen atoms in total. The van der Waals surface area contributed by atoms with Crippen molar-refractivity contribution in [1.29, 1.82) is 0 Å². The van der Waals surface area contributed by atoms with Gasteiger partial charge in [0, 0.05) is 23.4 Å². The number of carbonyl (C=O) groups is 1. The molecular weight excluding hydrogens is 776 g/mol. The molecule has 20 heteroatoms. The van der Waals surface area contributed by atoms with E-state index in [0.29, 0.717) is 62.3 Å². The maximum absolute atomic E-state index is 12.8. The Morgan fingerprint density at radius 2 is 1.16 bits per heavy atom. The van der Waals surface area contributed by atoms with E-state index >= 15 is 0 Å². The number of nitrogens with zero attached hydrogens (tertiary/aromatic N) is 6. The van der Waals surface area contributed by atoms with Gasteiger partial charge < -0.3 is 20.5 Å². The Hall–Kier alpha value is -5.41. The van der Waals surface area contributed by atoms with Gasteiger partial charge in [0.2, 0.25) is 0 Å². The maximum atomic E-state index is 12.8. The molecule has 0 aliphatic rings. The molecule has 5 rings (SSSR count). The largest absolute Gasteiger partial charge is 1.00 e. The molecular formula is C36H34N8NaO9S2+. The van der Waals surface area contributed by atoms with Gasteiger partial charge in [-0.1, -0.05) is 0 Å². The fourth-order valence-corrected chi connectivity index (χ4v) is 6.09. The molecule has 284 valence electrons. The molecule has 0 aliphatic carbocycles. The Bertz CT molecular complexity index is 2620. The van der Waals surface area contributed by atoms with Crippen LogP contribution in [0.5, 0.6) is 11.5 Å². The number of hydrogen-bond acceptors (Lipinski definition) is 14. The van der Waals surface area contributed by atoms with E-state index in [-0.39, 0.29) is 41.2 Å². The first kappa shape index (κ1) is 43.3. The summed E-state index contributed by atoms with van der Waals surface area (Å²) in [5.41, 5.74) is 10.7. The van der Waals surface area contributed by atoms with Gasteiger partial charge in [0.25, 0.3) is 26.1 Å². The van der Waals surface area contributed by atoms with E-state index in [9.17, 15) is 30.7 Å². The van der Waals surface area contributed by atoms with E-state index in [4.69, 9.17) is 15.2 Å². The quantitative estimate of drug-likeness (QED) is 0.0480. The molecule has 0 fully saturated rings. The van der Waals surface area contributed by atoms with E-state index < -0.39 is 35.7 Å². The number of amides is 1. The number of aryl methyl sites for hydroxylation is 3. The molecule has 5 aromatic rings. The number of nitrogens with two attached hydrogens (primary N) is 1. The number of hydrogen-bond donors (Lipinski definition) is 4. The fraction of sp³-hybridized carbons (Fsp3) is 0.139. The summed E-state index contributed by atoms with van der Waals surface area (Å²) in [6.07, 6.45) is 0. The van der Waals surface area contributed by atoms with Crippen molar-refractivity contribution in [2.75, 3.05) is 25.3 Å². The monoisotopic (exact) mass is 809 g/mol. The second kappa shape index (κ2) is 18.0. The number of azo groups is 3. The Morgan fingerprint density at radius 3 is 1.77 bits per heavy atom. The van der Waals surface area contributed by atoms with Crippen molar-refractivity contribution in [3.63, 3.8) is 0 Å². The molecule has 0 aliphatic heterocycles. The average molecular weight is 810 g/mol. The second-order valence-electron chi connectivity index (χ2n) is 11.9. The van der Waals surface area contributed by atoms with Gasteiger partial charge in [-0.2, -0.15) is 37.3 Å². The standard InChI is InChI=1S/C36H34N8O9S2.Na/c1-20-14-25(10-12-27(20)40-44-32-17-26(54(46,47)48)11-13-35(32)55(49,50)51)39-41-28-19-34(53-5)31(16-22(28)3)43-42-29-18-33(52-4)30(15-21(29)2)38-36(45)23-6-8-24(37)9-7-23;/h6-19H,37H2,1-5H3,(H,38,45)(H,46,47,48)(H,49,50,51);/q;+1. The Morgan fingerprint density at radius 1 is 0.607 bits per heavy atom. The number of carbonyl (C=O) groups excluding carboxylic acids is 1. The number of benzene rings is 5. The van der Waals surface area contributed by atoms with Crippen LogP contribution >= 0.6 is 0 Å². The molecule has 0 atom stereocenters.